The highest BCUT2D eigenvalue weighted by atomic mass is 35.5. The minimum Gasteiger partial charge on any atom is -0.495 e. The van der Waals surface area contributed by atoms with Crippen LogP contribution in [0.1, 0.15) is 42.1 Å². The summed E-state index contributed by atoms with van der Waals surface area (Å²) < 4.78 is 39.7. The van der Waals surface area contributed by atoms with E-state index in [1.54, 1.807) is 35.2 Å². The van der Waals surface area contributed by atoms with Gasteiger partial charge < -0.3 is 14.4 Å². The number of hydrogen-bond acceptors (Lipinski definition) is 5. The molecule has 2 aromatic carbocycles. The number of nitrogens with one attached hydrogen (secondary N) is 1. The molecule has 174 valence electrons. The average molecular weight is 481 g/mol. The predicted octanol–water partition coefficient (Wildman–Crippen LogP) is 3.86. The van der Waals surface area contributed by atoms with E-state index in [0.29, 0.717) is 30.3 Å². The quantitative estimate of drug-likeness (QED) is 0.589. The highest BCUT2D eigenvalue weighted by Gasteiger charge is 2.27. The van der Waals surface area contributed by atoms with Gasteiger partial charge in [0.15, 0.2) is 0 Å². The molecule has 1 amide bonds. The van der Waals surface area contributed by atoms with Crippen LogP contribution in [0.5, 0.6) is 5.75 Å². The van der Waals surface area contributed by atoms with Gasteiger partial charge in [0.1, 0.15) is 10.6 Å². The lowest BCUT2D eigenvalue weighted by Gasteiger charge is -2.32. The Morgan fingerprint density at radius 1 is 1.22 bits per heavy atom. The molecule has 1 N–H and O–H groups in total. The molecule has 1 aliphatic rings. The standard InChI is InChI=1S/C23H29ClN2O5S/c1-3-13-31-20-5-4-12-26(16-20)23(27)18-8-11-21(30-2)22(14-18)32(28,29)25-15-17-6-9-19(24)10-7-17/h6-11,14,20,25H,3-5,12-13,15-16H2,1-2H3. The number of amides is 1. The molecule has 7 nitrogen and oxygen atoms in total. The van der Waals surface area contributed by atoms with Crippen LogP contribution in [0, 0.1) is 0 Å². The number of ether oxygens (including phenoxy) is 2. The van der Waals surface area contributed by atoms with E-state index in [9.17, 15) is 13.2 Å². The molecule has 3 rings (SSSR count). The second kappa shape index (κ2) is 11.1. The van der Waals surface area contributed by atoms with E-state index in [2.05, 4.69) is 4.72 Å². The Balaban J connectivity index is 1.78. The molecule has 1 aliphatic heterocycles. The third-order valence-corrected chi connectivity index (χ3v) is 6.98. The summed E-state index contributed by atoms with van der Waals surface area (Å²) in [6.45, 7) is 3.92. The number of piperidine rings is 1. The highest BCUT2D eigenvalue weighted by Crippen LogP contribution is 2.26. The largest absolute Gasteiger partial charge is 0.495 e. The summed E-state index contributed by atoms with van der Waals surface area (Å²) in [7, 11) is -2.53. The van der Waals surface area contributed by atoms with Crippen LogP contribution in [0.15, 0.2) is 47.4 Å². The molecule has 9 heteroatoms. The number of carbonyl (C=O) groups is 1. The monoisotopic (exact) mass is 480 g/mol. The number of rotatable bonds is 9. The fourth-order valence-corrected chi connectivity index (χ4v) is 4.94. The van der Waals surface area contributed by atoms with E-state index in [4.69, 9.17) is 21.1 Å². The highest BCUT2D eigenvalue weighted by molar-refractivity contribution is 7.89. The molecule has 1 heterocycles. The second-order valence-corrected chi connectivity index (χ2v) is 9.87. The third kappa shape index (κ3) is 6.22. The lowest BCUT2D eigenvalue weighted by atomic mass is 10.1. The molecule has 0 bridgehead atoms. The summed E-state index contributed by atoms with van der Waals surface area (Å²) in [4.78, 5) is 14.8. The van der Waals surface area contributed by atoms with E-state index < -0.39 is 10.0 Å². The first-order valence-corrected chi connectivity index (χ1v) is 12.5. The van der Waals surface area contributed by atoms with Gasteiger partial charge in [-0.1, -0.05) is 30.7 Å². The zero-order valence-corrected chi connectivity index (χ0v) is 19.9. The zero-order chi connectivity index (χ0) is 23.1. The van der Waals surface area contributed by atoms with Crippen LogP contribution in [-0.2, 0) is 21.3 Å². The van der Waals surface area contributed by atoms with Gasteiger partial charge in [-0.2, -0.15) is 0 Å². The number of carbonyl (C=O) groups excluding carboxylic acids is 1. The topological polar surface area (TPSA) is 84.9 Å². The van der Waals surface area contributed by atoms with Crippen LogP contribution in [-0.4, -0.2) is 52.1 Å². The van der Waals surface area contributed by atoms with E-state index >= 15 is 0 Å². The number of hydrogen-bond donors (Lipinski definition) is 1. The molecule has 0 radical (unpaired) electrons. The molecule has 1 fully saturated rings. The van der Waals surface area contributed by atoms with Crippen molar-refractivity contribution >= 4 is 27.5 Å². The molecule has 0 spiro atoms. The van der Waals surface area contributed by atoms with Gasteiger partial charge in [-0.25, -0.2) is 13.1 Å². The molecule has 1 saturated heterocycles. The maximum atomic E-state index is 13.1. The smallest absolute Gasteiger partial charge is 0.253 e. The van der Waals surface area contributed by atoms with Gasteiger partial charge in [0.05, 0.1) is 13.2 Å². The normalized spacial score (nSPS) is 16.7. The molecular weight excluding hydrogens is 452 g/mol. The first kappa shape index (κ1) is 24.5. The van der Waals surface area contributed by atoms with E-state index in [0.717, 1.165) is 24.8 Å². The minimum absolute atomic E-state index is 0.00939. The van der Waals surface area contributed by atoms with Crippen LogP contribution in [0.3, 0.4) is 0 Å². The Kier molecular flexibility index (Phi) is 8.53. The molecule has 0 saturated carbocycles. The van der Waals surface area contributed by atoms with Gasteiger partial charge in [-0.3, -0.25) is 4.79 Å². The summed E-state index contributed by atoms with van der Waals surface area (Å²) in [5.74, 6) is -0.0421. The molecule has 32 heavy (non-hydrogen) atoms. The molecule has 1 unspecified atom stereocenters. The number of likely N-dealkylation sites (tertiary alicyclic amines) is 1. The van der Waals surface area contributed by atoms with E-state index in [1.165, 1.54) is 19.2 Å². The second-order valence-electron chi connectivity index (χ2n) is 7.70. The molecular formula is C23H29ClN2O5S. The van der Waals surface area contributed by atoms with E-state index in [1.807, 2.05) is 6.92 Å². The maximum absolute atomic E-state index is 13.1. The van der Waals surface area contributed by atoms with Crippen molar-refractivity contribution in [1.29, 1.82) is 0 Å². The predicted molar refractivity (Wildman–Crippen MR) is 124 cm³/mol. The zero-order valence-electron chi connectivity index (χ0n) is 18.3. The number of methoxy groups -OCH3 is 1. The van der Waals surface area contributed by atoms with Crippen LogP contribution < -0.4 is 9.46 Å². The SMILES string of the molecule is CCCOC1CCCN(C(=O)c2ccc(OC)c(S(=O)(=O)NCc3ccc(Cl)cc3)c2)C1. The van der Waals surface area contributed by atoms with E-state index in [-0.39, 0.29) is 29.2 Å². The maximum Gasteiger partial charge on any atom is 0.253 e. The Morgan fingerprint density at radius 2 is 1.97 bits per heavy atom. The lowest BCUT2D eigenvalue weighted by molar-refractivity contribution is 0.00210. The van der Waals surface area contributed by atoms with Gasteiger partial charge in [0.25, 0.3) is 5.91 Å². The summed E-state index contributed by atoms with van der Waals surface area (Å²) in [5.41, 5.74) is 1.06. The van der Waals surface area contributed by atoms with Gasteiger partial charge >= 0.3 is 0 Å². The van der Waals surface area contributed by atoms with Crippen molar-refractivity contribution in [2.24, 2.45) is 0 Å². The van der Waals surface area contributed by atoms with Crippen molar-refractivity contribution in [2.45, 2.75) is 43.7 Å². The Labute approximate surface area is 194 Å². The average Bonchev–Trinajstić information content (AvgIpc) is 2.81. The van der Waals surface area contributed by atoms with Crippen molar-refractivity contribution in [3.8, 4) is 5.75 Å². The Bertz CT molecular complexity index is 1030. The lowest BCUT2D eigenvalue weighted by Crippen LogP contribution is -2.43. The number of halogens is 1. The summed E-state index contributed by atoms with van der Waals surface area (Å²) >= 11 is 5.88. The van der Waals surface area contributed by atoms with Crippen LogP contribution in [0.2, 0.25) is 5.02 Å². The van der Waals surface area contributed by atoms with Crippen LogP contribution >= 0.6 is 11.6 Å². The van der Waals surface area contributed by atoms with Gasteiger partial charge in [0, 0.05) is 36.8 Å². The fourth-order valence-electron chi connectivity index (χ4n) is 3.60. The minimum atomic E-state index is -3.92. The van der Waals surface area contributed by atoms with Crippen LogP contribution in [0.25, 0.3) is 0 Å². The van der Waals surface area contributed by atoms with Crippen molar-refractivity contribution in [2.75, 3.05) is 26.8 Å². The first-order valence-electron chi connectivity index (χ1n) is 10.7. The number of sulfonamides is 1. The van der Waals surface area contributed by atoms with Gasteiger partial charge in [-0.15, -0.1) is 0 Å². The van der Waals surface area contributed by atoms with Crippen molar-refractivity contribution in [1.82, 2.24) is 9.62 Å². The third-order valence-electron chi connectivity index (χ3n) is 5.30. The van der Waals surface area contributed by atoms with Crippen molar-refractivity contribution < 1.29 is 22.7 Å². The first-order chi connectivity index (χ1) is 15.3. The molecule has 0 aliphatic carbocycles. The molecule has 2 aromatic rings. The van der Waals surface area contributed by atoms with Crippen LogP contribution in [0.4, 0.5) is 0 Å². The summed E-state index contributed by atoms with van der Waals surface area (Å²) in [6.07, 6.45) is 2.70. The van der Waals surface area contributed by atoms with Crippen molar-refractivity contribution in [3.05, 3.63) is 58.6 Å². The molecule has 0 aromatic heterocycles. The summed E-state index contributed by atoms with van der Waals surface area (Å²) in [6, 6.07) is 11.4. The Morgan fingerprint density at radius 3 is 2.66 bits per heavy atom. The fraction of sp³-hybridized carbons (Fsp3) is 0.435. The molecule has 1 atom stereocenters. The van der Waals surface area contributed by atoms with Gasteiger partial charge in [0.2, 0.25) is 10.0 Å². The van der Waals surface area contributed by atoms with Gasteiger partial charge in [-0.05, 0) is 55.2 Å². The number of benzene rings is 2. The van der Waals surface area contributed by atoms with Crippen molar-refractivity contribution in [3.63, 3.8) is 0 Å². The Hall–Kier alpha value is -2.13. The summed E-state index contributed by atoms with van der Waals surface area (Å²) in [5, 5.41) is 0.574. The number of nitrogens with zero attached hydrogens (tertiary/aromatic N) is 1.